The molecule has 2 saturated carbocycles. The van der Waals surface area contributed by atoms with E-state index in [-0.39, 0.29) is 5.91 Å². The van der Waals surface area contributed by atoms with Gasteiger partial charge in [0, 0.05) is 6.54 Å². The summed E-state index contributed by atoms with van der Waals surface area (Å²) >= 11 is 0. The van der Waals surface area contributed by atoms with E-state index in [4.69, 9.17) is 5.73 Å². The third-order valence-corrected chi connectivity index (χ3v) is 5.53. The van der Waals surface area contributed by atoms with Gasteiger partial charge in [0.15, 0.2) is 0 Å². The highest BCUT2D eigenvalue weighted by molar-refractivity contribution is 5.86. The van der Waals surface area contributed by atoms with Gasteiger partial charge in [-0.1, -0.05) is 36.8 Å². The summed E-state index contributed by atoms with van der Waals surface area (Å²) in [7, 11) is 0. The highest BCUT2D eigenvalue weighted by Crippen LogP contribution is 2.49. The number of rotatable bonds is 5. The van der Waals surface area contributed by atoms with Gasteiger partial charge in [0.25, 0.3) is 0 Å². The Balaban J connectivity index is 1.50. The second kappa shape index (κ2) is 5.80. The molecule has 0 spiro atoms. The van der Waals surface area contributed by atoms with Crippen molar-refractivity contribution in [3.8, 4) is 0 Å². The molecule has 3 heteroatoms. The van der Waals surface area contributed by atoms with Crippen molar-refractivity contribution in [2.75, 3.05) is 6.54 Å². The van der Waals surface area contributed by atoms with E-state index in [1.807, 2.05) is 30.3 Å². The maximum Gasteiger partial charge on any atom is 0.244 e. The summed E-state index contributed by atoms with van der Waals surface area (Å²) in [6.07, 6.45) is 6.75. The second-order valence-electron chi connectivity index (χ2n) is 7.05. The van der Waals surface area contributed by atoms with Crippen LogP contribution in [0.3, 0.4) is 0 Å². The molecule has 2 fully saturated rings. The second-order valence-corrected chi connectivity index (χ2v) is 7.05. The van der Waals surface area contributed by atoms with Gasteiger partial charge >= 0.3 is 0 Å². The van der Waals surface area contributed by atoms with Crippen LogP contribution in [0.2, 0.25) is 0 Å². The topological polar surface area (TPSA) is 55.1 Å². The molecular weight excluding hydrogens is 260 g/mol. The minimum absolute atomic E-state index is 0.0724. The number of carbonyl (C=O) groups excluding carboxylic acids is 1. The Bertz CT molecular complexity index is 497. The number of carbonyl (C=O) groups is 1. The zero-order chi connectivity index (χ0) is 14.9. The van der Waals surface area contributed by atoms with Crippen molar-refractivity contribution in [1.29, 1.82) is 0 Å². The molecule has 1 amide bonds. The van der Waals surface area contributed by atoms with E-state index in [9.17, 15) is 4.79 Å². The fraction of sp³-hybridized carbons (Fsp3) is 0.611. The first-order chi connectivity index (χ1) is 10.1. The average Bonchev–Trinajstić information content (AvgIpc) is 3.10. The molecular formula is C18H26N2O. The Morgan fingerprint density at radius 1 is 1.29 bits per heavy atom. The van der Waals surface area contributed by atoms with E-state index in [1.54, 1.807) is 6.92 Å². The van der Waals surface area contributed by atoms with E-state index in [1.165, 1.54) is 25.7 Å². The number of nitrogens with two attached hydrogens (primary N) is 1. The molecule has 114 valence electrons. The lowest BCUT2D eigenvalue weighted by Crippen LogP contribution is -2.49. The van der Waals surface area contributed by atoms with Crippen LogP contribution in [0.5, 0.6) is 0 Å². The van der Waals surface area contributed by atoms with Crippen molar-refractivity contribution in [3.05, 3.63) is 35.9 Å². The number of fused-ring (bicyclic) bond motifs is 2. The quantitative estimate of drug-likeness (QED) is 0.874. The zero-order valence-electron chi connectivity index (χ0n) is 12.8. The third kappa shape index (κ3) is 2.98. The smallest absolute Gasteiger partial charge is 0.244 e. The Morgan fingerprint density at radius 2 is 2.05 bits per heavy atom. The zero-order valence-corrected chi connectivity index (χ0v) is 12.8. The molecule has 2 aliphatic carbocycles. The monoisotopic (exact) mass is 286 g/mol. The molecule has 0 aliphatic heterocycles. The Labute approximate surface area is 127 Å². The summed E-state index contributed by atoms with van der Waals surface area (Å²) in [5.74, 6) is 2.65. The lowest BCUT2D eigenvalue weighted by molar-refractivity contribution is -0.126. The number of hydrogen-bond acceptors (Lipinski definition) is 2. The molecule has 4 unspecified atom stereocenters. The number of benzene rings is 1. The van der Waals surface area contributed by atoms with Crippen LogP contribution >= 0.6 is 0 Å². The minimum atomic E-state index is -0.948. The van der Waals surface area contributed by atoms with E-state index in [2.05, 4.69) is 5.32 Å². The van der Waals surface area contributed by atoms with Crippen LogP contribution in [0.15, 0.2) is 30.3 Å². The fourth-order valence-electron chi connectivity index (χ4n) is 4.20. The van der Waals surface area contributed by atoms with Gasteiger partial charge < -0.3 is 11.1 Å². The molecule has 4 atom stereocenters. The number of hydrogen-bond donors (Lipinski definition) is 2. The number of nitrogens with one attached hydrogen (secondary N) is 1. The van der Waals surface area contributed by atoms with Gasteiger partial charge in [0.2, 0.25) is 5.91 Å². The first kappa shape index (κ1) is 14.6. The van der Waals surface area contributed by atoms with Crippen molar-refractivity contribution < 1.29 is 4.79 Å². The Kier molecular flexibility index (Phi) is 4.03. The summed E-state index contributed by atoms with van der Waals surface area (Å²) in [5.41, 5.74) is 6.14. The molecule has 0 heterocycles. The van der Waals surface area contributed by atoms with Gasteiger partial charge in [0.05, 0.1) is 0 Å². The molecule has 2 aliphatic rings. The lowest BCUT2D eigenvalue weighted by atomic mass is 9.86. The minimum Gasteiger partial charge on any atom is -0.354 e. The molecule has 1 aromatic rings. The van der Waals surface area contributed by atoms with Crippen molar-refractivity contribution in [3.63, 3.8) is 0 Å². The van der Waals surface area contributed by atoms with Gasteiger partial charge in [0.1, 0.15) is 5.54 Å². The summed E-state index contributed by atoms with van der Waals surface area (Å²) < 4.78 is 0. The molecule has 3 rings (SSSR count). The van der Waals surface area contributed by atoms with Crippen LogP contribution in [0, 0.1) is 17.8 Å². The van der Waals surface area contributed by atoms with Gasteiger partial charge in [-0.15, -0.1) is 0 Å². The first-order valence-corrected chi connectivity index (χ1v) is 8.20. The largest absolute Gasteiger partial charge is 0.354 e. The maximum atomic E-state index is 12.4. The van der Waals surface area contributed by atoms with Gasteiger partial charge in [-0.05, 0) is 55.9 Å². The molecule has 0 saturated heterocycles. The van der Waals surface area contributed by atoms with Crippen LogP contribution in [0.4, 0.5) is 0 Å². The van der Waals surface area contributed by atoms with Gasteiger partial charge in [-0.2, -0.15) is 0 Å². The molecule has 3 N–H and O–H groups in total. The van der Waals surface area contributed by atoms with Gasteiger partial charge in [-0.3, -0.25) is 4.79 Å². The van der Waals surface area contributed by atoms with Crippen molar-refractivity contribution in [2.24, 2.45) is 23.5 Å². The van der Waals surface area contributed by atoms with Crippen LogP contribution in [-0.2, 0) is 10.3 Å². The van der Waals surface area contributed by atoms with Crippen molar-refractivity contribution in [2.45, 2.75) is 44.6 Å². The van der Waals surface area contributed by atoms with E-state index < -0.39 is 5.54 Å². The molecule has 1 aromatic carbocycles. The van der Waals surface area contributed by atoms with Gasteiger partial charge in [-0.25, -0.2) is 0 Å². The van der Waals surface area contributed by atoms with Crippen molar-refractivity contribution >= 4 is 5.91 Å². The predicted molar refractivity (Wildman–Crippen MR) is 84.5 cm³/mol. The van der Waals surface area contributed by atoms with Crippen molar-refractivity contribution in [1.82, 2.24) is 5.32 Å². The molecule has 0 aromatic heterocycles. The van der Waals surface area contributed by atoms with Crippen LogP contribution in [-0.4, -0.2) is 12.5 Å². The van der Waals surface area contributed by atoms with Crippen LogP contribution in [0.1, 0.15) is 44.6 Å². The first-order valence-electron chi connectivity index (χ1n) is 8.20. The summed E-state index contributed by atoms with van der Waals surface area (Å²) in [5, 5.41) is 3.04. The lowest BCUT2D eigenvalue weighted by Gasteiger charge is -2.26. The molecule has 3 nitrogen and oxygen atoms in total. The van der Waals surface area contributed by atoms with Crippen LogP contribution in [0.25, 0.3) is 0 Å². The fourth-order valence-corrected chi connectivity index (χ4v) is 4.20. The standard InChI is InChI=1S/C18H26N2O/c1-18(19,16-5-3-2-4-6-16)17(21)20-10-9-15-12-13-7-8-14(15)11-13/h2-6,13-15H,7-12,19H2,1H3,(H,20,21). The highest BCUT2D eigenvalue weighted by Gasteiger charge is 2.39. The summed E-state index contributed by atoms with van der Waals surface area (Å²) in [6.45, 7) is 2.54. The van der Waals surface area contributed by atoms with E-state index >= 15 is 0 Å². The SMILES string of the molecule is CC(N)(C(=O)NCCC1CC2CCC1C2)c1ccccc1. The maximum absolute atomic E-state index is 12.4. The normalized spacial score (nSPS) is 30.1. The molecule has 21 heavy (non-hydrogen) atoms. The highest BCUT2D eigenvalue weighted by atomic mass is 16.2. The summed E-state index contributed by atoms with van der Waals surface area (Å²) in [6, 6.07) is 9.60. The van der Waals surface area contributed by atoms with E-state index in [0.29, 0.717) is 0 Å². The Morgan fingerprint density at radius 3 is 2.67 bits per heavy atom. The third-order valence-electron chi connectivity index (χ3n) is 5.53. The van der Waals surface area contributed by atoms with Crippen LogP contribution < -0.4 is 11.1 Å². The predicted octanol–water partition coefficient (Wildman–Crippen LogP) is 2.80. The average molecular weight is 286 g/mol. The summed E-state index contributed by atoms with van der Waals surface area (Å²) in [4.78, 5) is 12.4. The molecule has 2 bridgehead atoms. The molecule has 0 radical (unpaired) electrons. The number of amides is 1. The Hall–Kier alpha value is -1.35. The van der Waals surface area contributed by atoms with E-state index in [0.717, 1.165) is 36.3 Å².